The second-order valence-corrected chi connectivity index (χ2v) is 5.48. The van der Waals surface area contributed by atoms with Crippen LogP contribution in [0.3, 0.4) is 0 Å². The molecule has 0 aliphatic rings. The highest BCUT2D eigenvalue weighted by Gasteiger charge is 2.15. The van der Waals surface area contributed by atoms with Gasteiger partial charge in [0.1, 0.15) is 0 Å². The summed E-state index contributed by atoms with van der Waals surface area (Å²) in [6.07, 6.45) is 0. The van der Waals surface area contributed by atoms with E-state index in [0.717, 1.165) is 17.0 Å². The van der Waals surface area contributed by atoms with Crippen molar-refractivity contribution in [3.05, 3.63) is 22.0 Å². The van der Waals surface area contributed by atoms with E-state index in [4.69, 9.17) is 21.4 Å². The molecule has 14 heavy (non-hydrogen) atoms. The lowest BCUT2D eigenvalue weighted by Crippen LogP contribution is -1.97. The van der Waals surface area contributed by atoms with Crippen molar-refractivity contribution >= 4 is 19.2 Å². The minimum absolute atomic E-state index is 0.147. The minimum Gasteiger partial charge on any atom is -0.321 e. The van der Waals surface area contributed by atoms with E-state index in [1.54, 1.807) is 0 Å². The number of halogens is 1. The van der Waals surface area contributed by atoms with Crippen LogP contribution in [0, 0.1) is 5.92 Å². The first-order valence-corrected chi connectivity index (χ1v) is 6.32. The van der Waals surface area contributed by atoms with Gasteiger partial charge in [-0.25, -0.2) is 0 Å². The molecule has 0 atom stereocenters. The van der Waals surface area contributed by atoms with Gasteiger partial charge in [0.2, 0.25) is 0 Å². The molecule has 0 aromatic heterocycles. The van der Waals surface area contributed by atoms with Gasteiger partial charge in [-0.05, 0) is 25.3 Å². The normalized spacial score (nSPS) is 13.3. The zero-order chi connectivity index (χ0) is 11.5. The molecule has 5 heteroatoms. The lowest BCUT2D eigenvalue weighted by molar-refractivity contribution is 0.386. The molecule has 3 nitrogen and oxygen atoms in total. The summed E-state index contributed by atoms with van der Waals surface area (Å²) in [5, 5.41) is 0.147. The molecule has 0 fully saturated rings. The van der Waals surface area contributed by atoms with Crippen LogP contribution in [0.5, 0.6) is 0 Å². The molecule has 0 aromatic carbocycles. The smallest absolute Gasteiger partial charge is 0.321 e. The summed E-state index contributed by atoms with van der Waals surface area (Å²) >= 11 is 5.83. The largest absolute Gasteiger partial charge is 0.350 e. The highest BCUT2D eigenvalue weighted by Crippen LogP contribution is 2.41. The number of rotatable bonds is 3. The molecule has 0 saturated carbocycles. The molecule has 0 unspecified atom stereocenters. The van der Waals surface area contributed by atoms with Crippen molar-refractivity contribution in [1.29, 1.82) is 0 Å². The fourth-order valence-corrected chi connectivity index (χ4v) is 2.53. The average Bonchev–Trinajstić information content (AvgIpc) is 1.78. The summed E-state index contributed by atoms with van der Waals surface area (Å²) in [6.45, 7) is 7.59. The Kier molecular flexibility index (Phi) is 5.10. The fourth-order valence-electron chi connectivity index (χ4n) is 1.31. The van der Waals surface area contributed by atoms with Crippen LogP contribution in [-0.2, 0) is 4.57 Å². The zero-order valence-corrected chi connectivity index (χ0v) is 10.4. The predicted molar refractivity (Wildman–Crippen MR) is 59.2 cm³/mol. The molecule has 0 bridgehead atoms. The Morgan fingerprint density at radius 2 is 1.79 bits per heavy atom. The van der Waals surface area contributed by atoms with Crippen molar-refractivity contribution < 1.29 is 14.4 Å². The number of hydrogen-bond acceptors (Lipinski definition) is 1. The molecule has 0 aliphatic carbocycles. The van der Waals surface area contributed by atoms with Crippen LogP contribution in [0.25, 0.3) is 0 Å². The Balaban J connectivity index is 5.20. The maximum Gasteiger partial charge on any atom is 0.350 e. The summed E-state index contributed by atoms with van der Waals surface area (Å²) < 4.78 is 10.7. The highest BCUT2D eigenvalue weighted by molar-refractivity contribution is 7.55. The summed E-state index contributed by atoms with van der Waals surface area (Å²) in [5.74, 6) is 0.951. The maximum absolute atomic E-state index is 10.7. The standard InChI is InChI=1S/C9H16ClO3P/c1-6(2)9(7(3)4)8(10)5-14(11,12)13/h5-6H,1-4H3,(H2,11,12,13)/b8-5-. The van der Waals surface area contributed by atoms with Crippen molar-refractivity contribution in [3.8, 4) is 0 Å². The highest BCUT2D eigenvalue weighted by atomic mass is 35.5. The second-order valence-electron chi connectivity index (χ2n) is 3.63. The van der Waals surface area contributed by atoms with Crippen molar-refractivity contribution in [1.82, 2.24) is 0 Å². The van der Waals surface area contributed by atoms with Gasteiger partial charge in [-0.2, -0.15) is 0 Å². The molecule has 0 saturated heterocycles. The van der Waals surface area contributed by atoms with E-state index in [2.05, 4.69) is 0 Å². The first-order chi connectivity index (χ1) is 6.15. The Morgan fingerprint density at radius 1 is 1.36 bits per heavy atom. The van der Waals surface area contributed by atoms with Crippen LogP contribution in [0.1, 0.15) is 27.7 Å². The SMILES string of the molecule is CC(C)=C(/C(Cl)=C/P(=O)(O)O)C(C)C. The van der Waals surface area contributed by atoms with Crippen LogP contribution in [0.15, 0.2) is 22.0 Å². The van der Waals surface area contributed by atoms with Gasteiger partial charge in [-0.3, -0.25) is 4.57 Å². The monoisotopic (exact) mass is 238 g/mol. The fraction of sp³-hybridized carbons (Fsp3) is 0.556. The molecule has 0 radical (unpaired) electrons. The molecule has 0 rings (SSSR count). The van der Waals surface area contributed by atoms with Crippen molar-refractivity contribution in [3.63, 3.8) is 0 Å². The first kappa shape index (κ1) is 13.9. The Labute approximate surface area is 89.6 Å². The lowest BCUT2D eigenvalue weighted by Gasteiger charge is -2.13. The molecule has 82 valence electrons. The predicted octanol–water partition coefficient (Wildman–Crippen LogP) is 3.24. The van der Waals surface area contributed by atoms with Gasteiger partial charge in [0, 0.05) is 5.82 Å². The van der Waals surface area contributed by atoms with Crippen molar-refractivity contribution in [2.45, 2.75) is 27.7 Å². The van der Waals surface area contributed by atoms with Crippen LogP contribution >= 0.6 is 19.2 Å². The molecular formula is C9H16ClO3P. The molecule has 0 aliphatic heterocycles. The Bertz CT molecular complexity index is 308. The molecule has 0 spiro atoms. The molecule has 0 amide bonds. The lowest BCUT2D eigenvalue weighted by atomic mass is 9.99. The van der Waals surface area contributed by atoms with E-state index in [-0.39, 0.29) is 11.0 Å². The topological polar surface area (TPSA) is 57.5 Å². The van der Waals surface area contributed by atoms with Gasteiger partial charge >= 0.3 is 7.60 Å². The van der Waals surface area contributed by atoms with Crippen molar-refractivity contribution in [2.24, 2.45) is 5.92 Å². The van der Waals surface area contributed by atoms with E-state index in [0.29, 0.717) is 0 Å². The zero-order valence-electron chi connectivity index (χ0n) is 8.78. The summed E-state index contributed by atoms with van der Waals surface area (Å²) in [5.41, 5.74) is 1.75. The van der Waals surface area contributed by atoms with Crippen molar-refractivity contribution in [2.75, 3.05) is 0 Å². The van der Waals surface area contributed by atoms with Crippen LogP contribution in [0.4, 0.5) is 0 Å². The van der Waals surface area contributed by atoms with E-state index in [1.807, 2.05) is 27.7 Å². The quantitative estimate of drug-likeness (QED) is 0.586. The van der Waals surface area contributed by atoms with E-state index in [1.165, 1.54) is 0 Å². The summed E-state index contributed by atoms with van der Waals surface area (Å²) in [7, 11) is -4.18. The van der Waals surface area contributed by atoms with Crippen LogP contribution in [0.2, 0.25) is 0 Å². The maximum atomic E-state index is 10.7. The van der Waals surface area contributed by atoms with E-state index in [9.17, 15) is 4.57 Å². The second kappa shape index (κ2) is 5.13. The van der Waals surface area contributed by atoms with E-state index >= 15 is 0 Å². The van der Waals surface area contributed by atoms with Gasteiger partial charge in [-0.1, -0.05) is 31.0 Å². The molecular weight excluding hydrogens is 223 g/mol. The molecule has 0 heterocycles. The van der Waals surface area contributed by atoms with E-state index < -0.39 is 7.60 Å². The van der Waals surface area contributed by atoms with Gasteiger partial charge in [-0.15, -0.1) is 0 Å². The number of hydrogen-bond donors (Lipinski definition) is 2. The van der Waals surface area contributed by atoms with Gasteiger partial charge in [0.15, 0.2) is 0 Å². The first-order valence-electron chi connectivity index (χ1n) is 4.26. The average molecular weight is 239 g/mol. The Hall–Kier alpha value is -0.0800. The molecule has 2 N–H and O–H groups in total. The van der Waals surface area contributed by atoms with Crippen LogP contribution in [-0.4, -0.2) is 9.79 Å². The van der Waals surface area contributed by atoms with Gasteiger partial charge in [0.05, 0.1) is 5.03 Å². The third-order valence-corrected chi connectivity index (χ3v) is 2.71. The number of allylic oxidation sites excluding steroid dienone is 3. The minimum atomic E-state index is -4.18. The summed E-state index contributed by atoms with van der Waals surface area (Å²) in [6, 6.07) is 0. The molecule has 0 aromatic rings. The Morgan fingerprint density at radius 3 is 2.00 bits per heavy atom. The van der Waals surface area contributed by atoms with Gasteiger partial charge in [0.25, 0.3) is 0 Å². The third kappa shape index (κ3) is 4.97. The summed E-state index contributed by atoms with van der Waals surface area (Å²) in [4.78, 5) is 17.5. The van der Waals surface area contributed by atoms with Gasteiger partial charge < -0.3 is 9.79 Å². The van der Waals surface area contributed by atoms with Crippen LogP contribution < -0.4 is 0 Å². The third-order valence-electron chi connectivity index (χ3n) is 1.65.